The molecule has 5 heteroatoms. The van der Waals surface area contributed by atoms with Crippen molar-refractivity contribution in [2.24, 2.45) is 0 Å². The van der Waals surface area contributed by atoms with Crippen LogP contribution in [0.5, 0.6) is 0 Å². The Balaban J connectivity index is 1.74. The van der Waals surface area contributed by atoms with Crippen LogP contribution in [0.15, 0.2) is 34.9 Å². The summed E-state index contributed by atoms with van der Waals surface area (Å²) >= 11 is 3.73. The summed E-state index contributed by atoms with van der Waals surface area (Å²) in [6, 6.07) is 10.8. The van der Waals surface area contributed by atoms with Crippen molar-refractivity contribution in [1.82, 2.24) is 14.4 Å². The van der Waals surface area contributed by atoms with Crippen LogP contribution in [-0.4, -0.2) is 20.9 Å². The third-order valence-electron chi connectivity index (χ3n) is 4.46. The highest BCUT2D eigenvalue weighted by Gasteiger charge is 2.20. The van der Waals surface area contributed by atoms with E-state index >= 15 is 0 Å². The highest BCUT2D eigenvalue weighted by Crippen LogP contribution is 2.30. The molecule has 0 saturated heterocycles. The molecule has 3 heterocycles. The largest absolute Gasteiger partial charge is 0.365 e. The van der Waals surface area contributed by atoms with Crippen LogP contribution in [0.3, 0.4) is 0 Å². The number of hydrogen-bond donors (Lipinski definition) is 0. The van der Waals surface area contributed by atoms with Gasteiger partial charge in [0.1, 0.15) is 4.60 Å². The monoisotopic (exact) mass is 370 g/mol. The predicted molar refractivity (Wildman–Crippen MR) is 96.0 cm³/mol. The molecule has 118 valence electrons. The lowest BCUT2D eigenvalue weighted by Gasteiger charge is -2.30. The number of aromatic nitrogens is 3. The van der Waals surface area contributed by atoms with Crippen molar-refractivity contribution in [2.75, 3.05) is 11.4 Å². The van der Waals surface area contributed by atoms with E-state index in [2.05, 4.69) is 67.5 Å². The Morgan fingerprint density at radius 3 is 2.87 bits per heavy atom. The minimum atomic E-state index is 0.773. The zero-order chi connectivity index (χ0) is 16.0. The van der Waals surface area contributed by atoms with Crippen molar-refractivity contribution in [3.63, 3.8) is 0 Å². The number of anilines is 1. The van der Waals surface area contributed by atoms with E-state index in [0.717, 1.165) is 40.6 Å². The molecule has 3 aromatic rings. The second-order valence-corrected chi connectivity index (χ2v) is 6.93. The van der Waals surface area contributed by atoms with Gasteiger partial charge >= 0.3 is 0 Å². The Morgan fingerprint density at radius 2 is 2.00 bits per heavy atom. The third kappa shape index (κ3) is 2.53. The number of nitrogens with zero attached hydrogens (tertiary/aromatic N) is 4. The normalized spacial score (nSPS) is 14.3. The Kier molecular flexibility index (Phi) is 3.60. The van der Waals surface area contributed by atoms with Gasteiger partial charge in [-0.2, -0.15) is 0 Å². The second kappa shape index (κ2) is 5.64. The summed E-state index contributed by atoms with van der Waals surface area (Å²) in [5.41, 5.74) is 5.97. The molecule has 1 aliphatic rings. The summed E-state index contributed by atoms with van der Waals surface area (Å²) in [6.07, 6.45) is 2.36. The lowest BCUT2D eigenvalue weighted by Crippen LogP contribution is -2.29. The summed E-state index contributed by atoms with van der Waals surface area (Å²) in [6.45, 7) is 5.98. The predicted octanol–water partition coefficient (Wildman–Crippen LogP) is 4.06. The standard InChI is InChI=1S/C18H19BrN4/c1-12-10-13(2)23-17(19)15(21-18(23)20-12)11-22-9-5-7-14-6-3-4-8-16(14)22/h3-4,6,8,10H,5,7,9,11H2,1-2H3. The number of fused-ring (bicyclic) bond motifs is 2. The van der Waals surface area contributed by atoms with E-state index in [1.165, 1.54) is 24.1 Å². The molecule has 4 nitrogen and oxygen atoms in total. The maximum atomic E-state index is 4.76. The van der Waals surface area contributed by atoms with E-state index in [1.807, 2.05) is 6.92 Å². The molecule has 0 fully saturated rings. The first kappa shape index (κ1) is 14.7. The molecule has 0 bridgehead atoms. The lowest BCUT2D eigenvalue weighted by molar-refractivity contribution is 0.684. The summed E-state index contributed by atoms with van der Waals surface area (Å²) in [5.74, 6) is 0.773. The van der Waals surface area contributed by atoms with Crippen molar-refractivity contribution >= 4 is 27.4 Å². The fraction of sp³-hybridized carbons (Fsp3) is 0.333. The number of para-hydroxylation sites is 1. The zero-order valence-corrected chi connectivity index (χ0v) is 15.0. The van der Waals surface area contributed by atoms with E-state index < -0.39 is 0 Å². The first-order valence-corrected chi connectivity index (χ1v) is 8.77. The Hall–Kier alpha value is -1.88. The third-order valence-corrected chi connectivity index (χ3v) is 5.28. The Bertz CT molecular complexity index is 884. The van der Waals surface area contributed by atoms with Crippen molar-refractivity contribution in [3.8, 4) is 0 Å². The maximum absolute atomic E-state index is 4.76. The van der Waals surface area contributed by atoms with Crippen LogP contribution in [-0.2, 0) is 13.0 Å². The first-order valence-electron chi connectivity index (χ1n) is 7.97. The van der Waals surface area contributed by atoms with Gasteiger partial charge in [-0.25, -0.2) is 9.97 Å². The molecular formula is C18H19BrN4. The lowest BCUT2D eigenvalue weighted by atomic mass is 10.0. The molecule has 0 atom stereocenters. The van der Waals surface area contributed by atoms with Gasteiger partial charge in [0.05, 0.1) is 12.2 Å². The Morgan fingerprint density at radius 1 is 1.17 bits per heavy atom. The van der Waals surface area contributed by atoms with Crippen LogP contribution in [0, 0.1) is 13.8 Å². The molecule has 23 heavy (non-hydrogen) atoms. The smallest absolute Gasteiger partial charge is 0.235 e. The van der Waals surface area contributed by atoms with Gasteiger partial charge < -0.3 is 4.90 Å². The van der Waals surface area contributed by atoms with Crippen LogP contribution >= 0.6 is 15.9 Å². The van der Waals surface area contributed by atoms with Gasteiger partial charge in [-0.05, 0) is 60.3 Å². The van der Waals surface area contributed by atoms with Gasteiger partial charge in [-0.3, -0.25) is 4.40 Å². The number of benzene rings is 1. The highest BCUT2D eigenvalue weighted by molar-refractivity contribution is 9.10. The maximum Gasteiger partial charge on any atom is 0.235 e. The van der Waals surface area contributed by atoms with E-state index in [-0.39, 0.29) is 0 Å². The quantitative estimate of drug-likeness (QED) is 0.681. The molecule has 1 aromatic carbocycles. The fourth-order valence-electron chi connectivity index (χ4n) is 3.44. The molecule has 0 spiro atoms. The highest BCUT2D eigenvalue weighted by atomic mass is 79.9. The van der Waals surface area contributed by atoms with Crippen molar-refractivity contribution in [1.29, 1.82) is 0 Å². The summed E-state index contributed by atoms with van der Waals surface area (Å²) in [5, 5.41) is 0. The molecule has 0 unspecified atom stereocenters. The zero-order valence-electron chi connectivity index (χ0n) is 13.4. The average Bonchev–Trinajstić information content (AvgIpc) is 2.84. The molecule has 1 aliphatic heterocycles. The van der Waals surface area contributed by atoms with Gasteiger partial charge in [0.25, 0.3) is 0 Å². The summed E-state index contributed by atoms with van der Waals surface area (Å²) in [4.78, 5) is 11.7. The molecule has 0 N–H and O–H groups in total. The van der Waals surface area contributed by atoms with Gasteiger partial charge in [0.15, 0.2) is 0 Å². The molecule has 0 aliphatic carbocycles. The van der Waals surface area contributed by atoms with E-state index in [9.17, 15) is 0 Å². The van der Waals surface area contributed by atoms with E-state index in [0.29, 0.717) is 0 Å². The van der Waals surface area contributed by atoms with Crippen molar-refractivity contribution in [2.45, 2.75) is 33.2 Å². The number of aryl methyl sites for hydroxylation is 3. The molecule has 0 radical (unpaired) electrons. The second-order valence-electron chi connectivity index (χ2n) is 6.18. The number of imidazole rings is 1. The number of rotatable bonds is 2. The van der Waals surface area contributed by atoms with Gasteiger partial charge in [-0.15, -0.1) is 0 Å². The molecule has 2 aromatic heterocycles. The minimum Gasteiger partial charge on any atom is -0.365 e. The van der Waals surface area contributed by atoms with Crippen LogP contribution < -0.4 is 4.90 Å². The minimum absolute atomic E-state index is 0.773. The average molecular weight is 371 g/mol. The van der Waals surface area contributed by atoms with Crippen molar-refractivity contribution in [3.05, 3.63) is 57.6 Å². The van der Waals surface area contributed by atoms with Crippen LogP contribution in [0.4, 0.5) is 5.69 Å². The van der Waals surface area contributed by atoms with Crippen molar-refractivity contribution < 1.29 is 0 Å². The van der Waals surface area contributed by atoms with Gasteiger partial charge in [-0.1, -0.05) is 18.2 Å². The van der Waals surface area contributed by atoms with Crippen LogP contribution in [0.1, 0.15) is 29.1 Å². The van der Waals surface area contributed by atoms with Crippen LogP contribution in [0.25, 0.3) is 5.78 Å². The molecular weight excluding hydrogens is 352 g/mol. The van der Waals surface area contributed by atoms with Crippen LogP contribution in [0.2, 0.25) is 0 Å². The topological polar surface area (TPSA) is 33.4 Å². The number of hydrogen-bond acceptors (Lipinski definition) is 3. The summed E-state index contributed by atoms with van der Waals surface area (Å²) in [7, 11) is 0. The fourth-order valence-corrected chi connectivity index (χ4v) is 4.09. The molecule has 0 saturated carbocycles. The number of halogens is 1. The van der Waals surface area contributed by atoms with Gasteiger partial charge in [0.2, 0.25) is 5.78 Å². The van der Waals surface area contributed by atoms with E-state index in [4.69, 9.17) is 4.98 Å². The SMILES string of the molecule is Cc1cc(C)n2c(Br)c(CN3CCCc4ccccc43)nc2n1. The van der Waals surface area contributed by atoms with E-state index in [1.54, 1.807) is 0 Å². The summed E-state index contributed by atoms with van der Waals surface area (Å²) < 4.78 is 3.10. The first-order chi connectivity index (χ1) is 11.1. The molecule has 4 rings (SSSR count). The molecule has 0 amide bonds. The Labute approximate surface area is 144 Å². The van der Waals surface area contributed by atoms with Gasteiger partial charge in [0, 0.05) is 23.6 Å².